The van der Waals surface area contributed by atoms with Crippen molar-refractivity contribution in [1.82, 2.24) is 9.80 Å². The lowest BCUT2D eigenvalue weighted by Crippen LogP contribution is -2.17. The zero-order valence-corrected chi connectivity index (χ0v) is 15.1. The van der Waals surface area contributed by atoms with Gasteiger partial charge in [-0.25, -0.2) is 9.59 Å². The minimum Gasteiger partial charge on any atom is -0.462 e. The Balaban J connectivity index is 2.47. The van der Waals surface area contributed by atoms with Crippen LogP contribution in [0.3, 0.4) is 0 Å². The quantitative estimate of drug-likeness (QED) is 0.480. The van der Waals surface area contributed by atoms with E-state index < -0.39 is 11.9 Å². The van der Waals surface area contributed by atoms with Crippen molar-refractivity contribution in [3.63, 3.8) is 0 Å². The molecule has 0 bridgehead atoms. The normalized spacial score (nSPS) is 10.9. The summed E-state index contributed by atoms with van der Waals surface area (Å²) in [6, 6.07) is 6.45. The van der Waals surface area contributed by atoms with Crippen LogP contribution >= 0.6 is 0 Å². The lowest BCUT2D eigenvalue weighted by atomic mass is 10.1. The number of rotatable bonds is 10. The number of ether oxygens (including phenoxy) is 2. The molecule has 1 rings (SSSR count). The Morgan fingerprint density at radius 3 is 1.62 bits per heavy atom. The molecule has 0 fully saturated rings. The highest BCUT2D eigenvalue weighted by molar-refractivity contribution is 5.95. The van der Waals surface area contributed by atoms with Crippen LogP contribution in [0.2, 0.25) is 0 Å². The van der Waals surface area contributed by atoms with Crippen molar-refractivity contribution < 1.29 is 19.1 Å². The van der Waals surface area contributed by atoms with Crippen LogP contribution in [0.4, 0.5) is 0 Å². The first kappa shape index (κ1) is 20.1. The van der Waals surface area contributed by atoms with E-state index in [-0.39, 0.29) is 0 Å². The fraction of sp³-hybridized carbons (Fsp3) is 0.556. The molecule has 6 heteroatoms. The number of benzene rings is 1. The molecular weight excluding hydrogens is 308 g/mol. The Kier molecular flexibility index (Phi) is 9.04. The van der Waals surface area contributed by atoms with Crippen molar-refractivity contribution in [2.24, 2.45) is 0 Å². The SMILES string of the molecule is CN(C)CCCOC(=O)c1cccc(C(=O)OCCCN(C)C)c1. The molecule has 6 nitrogen and oxygen atoms in total. The molecule has 134 valence electrons. The van der Waals surface area contributed by atoms with Gasteiger partial charge in [-0.3, -0.25) is 0 Å². The summed E-state index contributed by atoms with van der Waals surface area (Å²) in [6.45, 7) is 2.42. The predicted molar refractivity (Wildman–Crippen MR) is 93.3 cm³/mol. The summed E-state index contributed by atoms with van der Waals surface area (Å²) >= 11 is 0. The molecule has 1 aromatic carbocycles. The maximum Gasteiger partial charge on any atom is 0.338 e. The number of carbonyl (C=O) groups is 2. The van der Waals surface area contributed by atoms with Crippen molar-refractivity contribution in [1.29, 1.82) is 0 Å². The molecule has 24 heavy (non-hydrogen) atoms. The van der Waals surface area contributed by atoms with E-state index in [0.717, 1.165) is 25.9 Å². The Bertz CT molecular complexity index is 486. The topological polar surface area (TPSA) is 59.1 Å². The predicted octanol–water partition coefficient (Wildman–Crippen LogP) is 1.90. The fourth-order valence-corrected chi connectivity index (χ4v) is 2.03. The molecule has 0 heterocycles. The fourth-order valence-electron chi connectivity index (χ4n) is 2.03. The molecule has 0 spiro atoms. The van der Waals surface area contributed by atoms with E-state index in [1.807, 2.05) is 38.0 Å². The van der Waals surface area contributed by atoms with Gasteiger partial charge in [0.1, 0.15) is 0 Å². The zero-order chi connectivity index (χ0) is 17.9. The van der Waals surface area contributed by atoms with Crippen LogP contribution in [0.25, 0.3) is 0 Å². The monoisotopic (exact) mass is 336 g/mol. The molecule has 0 N–H and O–H groups in total. The molecule has 0 radical (unpaired) electrons. The Labute approximate surface area is 144 Å². The number of hydrogen-bond donors (Lipinski definition) is 0. The van der Waals surface area contributed by atoms with Gasteiger partial charge in [-0.15, -0.1) is 0 Å². The molecule has 0 saturated carbocycles. The van der Waals surface area contributed by atoms with Gasteiger partial charge in [-0.1, -0.05) is 6.07 Å². The van der Waals surface area contributed by atoms with Gasteiger partial charge in [0.2, 0.25) is 0 Å². The van der Waals surface area contributed by atoms with Crippen molar-refractivity contribution in [3.05, 3.63) is 35.4 Å². The molecule has 1 aromatic rings. The van der Waals surface area contributed by atoms with Gasteiger partial charge in [0.15, 0.2) is 0 Å². The van der Waals surface area contributed by atoms with Gasteiger partial charge in [0.05, 0.1) is 24.3 Å². The second kappa shape index (κ2) is 10.8. The van der Waals surface area contributed by atoms with Crippen molar-refractivity contribution >= 4 is 11.9 Å². The maximum atomic E-state index is 12.0. The summed E-state index contributed by atoms with van der Waals surface area (Å²) in [5.74, 6) is -0.841. The minimum absolute atomic E-state index is 0.357. The maximum absolute atomic E-state index is 12.0. The molecule has 0 aromatic heterocycles. The Hall–Kier alpha value is -1.92. The van der Waals surface area contributed by atoms with E-state index in [0.29, 0.717) is 24.3 Å². The molecule has 0 aliphatic carbocycles. The minimum atomic E-state index is -0.420. The smallest absolute Gasteiger partial charge is 0.338 e. The van der Waals surface area contributed by atoms with E-state index in [9.17, 15) is 9.59 Å². The van der Waals surface area contributed by atoms with E-state index in [1.165, 1.54) is 6.07 Å². The third-order valence-corrected chi connectivity index (χ3v) is 3.30. The largest absolute Gasteiger partial charge is 0.462 e. The first-order valence-corrected chi connectivity index (χ1v) is 8.14. The van der Waals surface area contributed by atoms with E-state index >= 15 is 0 Å². The van der Waals surface area contributed by atoms with Gasteiger partial charge in [-0.05, 0) is 59.2 Å². The van der Waals surface area contributed by atoms with E-state index in [4.69, 9.17) is 9.47 Å². The van der Waals surface area contributed by atoms with Crippen LogP contribution in [0.5, 0.6) is 0 Å². The molecule has 0 amide bonds. The molecule has 0 unspecified atom stereocenters. The first-order chi connectivity index (χ1) is 11.4. The summed E-state index contributed by atoms with van der Waals surface area (Å²) in [5, 5.41) is 0. The first-order valence-electron chi connectivity index (χ1n) is 8.14. The van der Waals surface area contributed by atoms with Crippen LogP contribution in [-0.2, 0) is 9.47 Å². The highest BCUT2D eigenvalue weighted by atomic mass is 16.5. The number of nitrogens with zero attached hydrogens (tertiary/aromatic N) is 2. The van der Waals surface area contributed by atoms with Crippen LogP contribution in [0.15, 0.2) is 24.3 Å². The molecule has 0 atom stereocenters. The average Bonchev–Trinajstić information content (AvgIpc) is 2.55. The Morgan fingerprint density at radius 2 is 1.25 bits per heavy atom. The summed E-state index contributed by atoms with van der Waals surface area (Å²) in [7, 11) is 7.87. The highest BCUT2D eigenvalue weighted by Crippen LogP contribution is 2.09. The van der Waals surface area contributed by atoms with Crippen LogP contribution in [0, 0.1) is 0 Å². The summed E-state index contributed by atoms with van der Waals surface area (Å²) in [4.78, 5) is 28.1. The summed E-state index contributed by atoms with van der Waals surface area (Å²) in [6.07, 6.45) is 1.54. The molecule has 0 aliphatic rings. The zero-order valence-electron chi connectivity index (χ0n) is 15.1. The van der Waals surface area contributed by atoms with E-state index in [2.05, 4.69) is 0 Å². The summed E-state index contributed by atoms with van der Waals surface area (Å²) < 4.78 is 10.4. The number of hydrogen-bond acceptors (Lipinski definition) is 6. The van der Waals surface area contributed by atoms with Gasteiger partial charge >= 0.3 is 11.9 Å². The van der Waals surface area contributed by atoms with Gasteiger partial charge < -0.3 is 19.3 Å². The van der Waals surface area contributed by atoms with Gasteiger partial charge in [0, 0.05) is 13.1 Å². The van der Waals surface area contributed by atoms with Crippen LogP contribution in [0.1, 0.15) is 33.6 Å². The van der Waals surface area contributed by atoms with Crippen LogP contribution in [-0.4, -0.2) is 76.2 Å². The number of carbonyl (C=O) groups excluding carboxylic acids is 2. The van der Waals surface area contributed by atoms with Gasteiger partial charge in [0.25, 0.3) is 0 Å². The molecule has 0 aliphatic heterocycles. The lowest BCUT2D eigenvalue weighted by Gasteiger charge is -2.11. The highest BCUT2D eigenvalue weighted by Gasteiger charge is 2.12. The average molecular weight is 336 g/mol. The second-order valence-corrected chi connectivity index (χ2v) is 6.17. The van der Waals surface area contributed by atoms with Crippen molar-refractivity contribution in [2.75, 3.05) is 54.5 Å². The third-order valence-electron chi connectivity index (χ3n) is 3.30. The molecular formula is C18H28N2O4. The number of esters is 2. The van der Waals surface area contributed by atoms with Gasteiger partial charge in [-0.2, -0.15) is 0 Å². The van der Waals surface area contributed by atoms with Crippen molar-refractivity contribution in [2.45, 2.75) is 12.8 Å². The lowest BCUT2D eigenvalue weighted by molar-refractivity contribution is 0.0491. The van der Waals surface area contributed by atoms with Crippen molar-refractivity contribution in [3.8, 4) is 0 Å². The van der Waals surface area contributed by atoms with Crippen LogP contribution < -0.4 is 0 Å². The standard InChI is InChI=1S/C18H28N2O4/c1-19(2)10-6-12-23-17(21)15-8-5-9-16(14-15)18(22)24-13-7-11-20(3)4/h5,8-9,14H,6-7,10-13H2,1-4H3. The summed E-state index contributed by atoms with van der Waals surface area (Å²) in [5.41, 5.74) is 0.727. The van der Waals surface area contributed by atoms with E-state index in [1.54, 1.807) is 18.2 Å². The Morgan fingerprint density at radius 1 is 0.833 bits per heavy atom. The third kappa shape index (κ3) is 8.08. The second-order valence-electron chi connectivity index (χ2n) is 6.17. The molecule has 0 saturated heterocycles.